The van der Waals surface area contributed by atoms with E-state index in [1.54, 1.807) is 0 Å². The molecule has 1 rings (SSSR count). The van der Waals surface area contributed by atoms with Crippen molar-refractivity contribution in [3.05, 3.63) is 33.8 Å². The molecular formula is C13H14BrF3N2OS. The Balaban J connectivity index is 2.68. The Bertz CT molecular complexity index is 535. The van der Waals surface area contributed by atoms with Crippen molar-refractivity contribution in [3.8, 4) is 0 Å². The van der Waals surface area contributed by atoms with E-state index in [0.717, 1.165) is 12.1 Å². The van der Waals surface area contributed by atoms with Crippen LogP contribution in [-0.2, 0) is 6.18 Å². The summed E-state index contributed by atoms with van der Waals surface area (Å²) in [4.78, 5) is 12.2. The van der Waals surface area contributed by atoms with Crippen molar-refractivity contribution in [2.45, 2.75) is 25.4 Å². The van der Waals surface area contributed by atoms with Gasteiger partial charge in [0.15, 0.2) is 0 Å². The fourth-order valence-corrected chi connectivity index (χ4v) is 2.18. The summed E-state index contributed by atoms with van der Waals surface area (Å²) in [7, 11) is 0. The Morgan fingerprint density at radius 3 is 2.57 bits per heavy atom. The van der Waals surface area contributed by atoms with E-state index in [-0.39, 0.29) is 16.6 Å². The van der Waals surface area contributed by atoms with Crippen LogP contribution in [0.2, 0.25) is 0 Å². The SMILES string of the molecule is NC(=S)CCCCNC(=O)c1ccc(Br)cc1C(F)(F)F. The second kappa shape index (κ2) is 7.74. The van der Waals surface area contributed by atoms with Crippen LogP contribution in [0.15, 0.2) is 22.7 Å². The second-order valence-corrected chi connectivity index (χ2v) is 5.81. The van der Waals surface area contributed by atoms with Crippen LogP contribution < -0.4 is 11.1 Å². The molecule has 0 aliphatic rings. The van der Waals surface area contributed by atoms with Gasteiger partial charge in [0.05, 0.1) is 16.1 Å². The molecule has 1 aromatic carbocycles. The van der Waals surface area contributed by atoms with Crippen LogP contribution in [0, 0.1) is 0 Å². The van der Waals surface area contributed by atoms with E-state index < -0.39 is 17.6 Å². The topological polar surface area (TPSA) is 55.1 Å². The number of nitrogens with one attached hydrogen (secondary N) is 1. The number of unbranched alkanes of at least 4 members (excludes halogenated alkanes) is 1. The lowest BCUT2D eigenvalue weighted by atomic mass is 10.1. The molecule has 0 radical (unpaired) electrons. The Morgan fingerprint density at radius 2 is 2.00 bits per heavy atom. The zero-order valence-electron chi connectivity index (χ0n) is 11.0. The molecule has 0 saturated carbocycles. The van der Waals surface area contributed by atoms with Gasteiger partial charge in [-0.25, -0.2) is 0 Å². The molecule has 3 nitrogen and oxygen atoms in total. The highest BCUT2D eigenvalue weighted by molar-refractivity contribution is 9.10. The molecule has 0 aliphatic carbocycles. The van der Waals surface area contributed by atoms with Crippen molar-refractivity contribution in [1.29, 1.82) is 0 Å². The molecule has 0 spiro atoms. The van der Waals surface area contributed by atoms with E-state index in [4.69, 9.17) is 18.0 Å². The first-order valence-electron chi connectivity index (χ1n) is 6.15. The standard InChI is InChI=1S/C13H14BrF3N2OS/c14-8-4-5-9(10(7-8)13(15,16)17)12(20)19-6-2-1-3-11(18)21/h4-5,7H,1-3,6H2,(H2,18,21)(H,19,20). The fourth-order valence-electron chi connectivity index (χ4n) is 1.67. The number of carbonyl (C=O) groups excluding carboxylic acids is 1. The van der Waals surface area contributed by atoms with Gasteiger partial charge < -0.3 is 11.1 Å². The predicted octanol–water partition coefficient (Wildman–Crippen LogP) is 3.65. The molecule has 0 bridgehead atoms. The molecule has 0 fully saturated rings. The lowest BCUT2D eigenvalue weighted by Crippen LogP contribution is -2.27. The highest BCUT2D eigenvalue weighted by atomic mass is 79.9. The Morgan fingerprint density at radius 1 is 1.33 bits per heavy atom. The van der Waals surface area contributed by atoms with Crippen LogP contribution in [0.4, 0.5) is 13.2 Å². The van der Waals surface area contributed by atoms with Crippen LogP contribution in [0.25, 0.3) is 0 Å². The maximum atomic E-state index is 12.9. The molecular weight excluding hydrogens is 369 g/mol. The van der Waals surface area contributed by atoms with E-state index in [9.17, 15) is 18.0 Å². The van der Waals surface area contributed by atoms with Gasteiger partial charge in [0.2, 0.25) is 0 Å². The summed E-state index contributed by atoms with van der Waals surface area (Å²) in [5.41, 5.74) is 3.97. The van der Waals surface area contributed by atoms with Crippen LogP contribution >= 0.6 is 28.1 Å². The largest absolute Gasteiger partial charge is 0.417 e. The average Bonchev–Trinajstić information content (AvgIpc) is 2.36. The molecule has 0 unspecified atom stereocenters. The van der Waals surface area contributed by atoms with Gasteiger partial charge in [-0.2, -0.15) is 13.2 Å². The number of nitrogens with two attached hydrogens (primary N) is 1. The second-order valence-electron chi connectivity index (χ2n) is 4.37. The van der Waals surface area contributed by atoms with Crippen molar-refractivity contribution in [2.24, 2.45) is 5.73 Å². The summed E-state index contributed by atoms with van der Waals surface area (Å²) >= 11 is 7.67. The minimum Gasteiger partial charge on any atom is -0.393 e. The molecule has 1 aromatic rings. The third kappa shape index (κ3) is 6.01. The van der Waals surface area contributed by atoms with Crippen molar-refractivity contribution in [1.82, 2.24) is 5.32 Å². The lowest BCUT2D eigenvalue weighted by Gasteiger charge is -2.13. The van der Waals surface area contributed by atoms with Crippen LogP contribution in [0.5, 0.6) is 0 Å². The number of hydrogen-bond donors (Lipinski definition) is 2. The van der Waals surface area contributed by atoms with Gasteiger partial charge in [-0.3, -0.25) is 4.79 Å². The highest BCUT2D eigenvalue weighted by Crippen LogP contribution is 2.33. The molecule has 3 N–H and O–H groups in total. The maximum absolute atomic E-state index is 12.9. The first kappa shape index (κ1) is 17.9. The Kier molecular flexibility index (Phi) is 6.60. The molecule has 0 saturated heterocycles. The van der Waals surface area contributed by atoms with Crippen molar-refractivity contribution in [3.63, 3.8) is 0 Å². The minimum absolute atomic E-state index is 0.267. The lowest BCUT2D eigenvalue weighted by molar-refractivity contribution is -0.138. The van der Waals surface area contributed by atoms with Gasteiger partial charge in [-0.1, -0.05) is 28.1 Å². The molecule has 116 valence electrons. The molecule has 8 heteroatoms. The molecule has 0 atom stereocenters. The van der Waals surface area contributed by atoms with Gasteiger partial charge >= 0.3 is 6.18 Å². The van der Waals surface area contributed by atoms with E-state index in [0.29, 0.717) is 24.3 Å². The minimum atomic E-state index is -4.58. The molecule has 0 aliphatic heterocycles. The zero-order valence-corrected chi connectivity index (χ0v) is 13.4. The quantitative estimate of drug-likeness (QED) is 0.583. The summed E-state index contributed by atoms with van der Waals surface area (Å²) in [6.45, 7) is 0.273. The van der Waals surface area contributed by atoms with E-state index in [1.807, 2.05) is 0 Å². The summed E-state index contributed by atoms with van der Waals surface area (Å²) in [5.74, 6) is -0.745. The number of hydrogen-bond acceptors (Lipinski definition) is 2. The summed E-state index contributed by atoms with van der Waals surface area (Å²) in [6.07, 6.45) is -2.75. The number of rotatable bonds is 6. The number of amides is 1. The number of alkyl halides is 3. The Hall–Kier alpha value is -1.15. The molecule has 0 aromatic heterocycles. The van der Waals surface area contributed by atoms with E-state index in [2.05, 4.69) is 21.2 Å². The number of thiocarbonyl (C=S) groups is 1. The van der Waals surface area contributed by atoms with E-state index >= 15 is 0 Å². The highest BCUT2D eigenvalue weighted by Gasteiger charge is 2.35. The van der Waals surface area contributed by atoms with Crippen LogP contribution in [0.1, 0.15) is 35.2 Å². The monoisotopic (exact) mass is 382 g/mol. The van der Waals surface area contributed by atoms with Gasteiger partial charge in [0, 0.05) is 11.0 Å². The van der Waals surface area contributed by atoms with Crippen LogP contribution in [-0.4, -0.2) is 17.4 Å². The first-order valence-corrected chi connectivity index (χ1v) is 7.35. The maximum Gasteiger partial charge on any atom is 0.417 e. The fraction of sp³-hybridized carbons (Fsp3) is 0.385. The van der Waals surface area contributed by atoms with E-state index in [1.165, 1.54) is 6.07 Å². The third-order valence-corrected chi connectivity index (χ3v) is 3.36. The zero-order chi connectivity index (χ0) is 16.0. The molecule has 0 heterocycles. The van der Waals surface area contributed by atoms with Gasteiger partial charge in [0.1, 0.15) is 0 Å². The number of halogens is 4. The summed E-state index contributed by atoms with van der Waals surface area (Å²) < 4.78 is 38.9. The average molecular weight is 383 g/mol. The smallest absolute Gasteiger partial charge is 0.393 e. The molecule has 1 amide bonds. The van der Waals surface area contributed by atoms with Gasteiger partial charge in [-0.05, 0) is 37.5 Å². The summed E-state index contributed by atoms with van der Waals surface area (Å²) in [6, 6.07) is 3.44. The third-order valence-electron chi connectivity index (χ3n) is 2.67. The van der Waals surface area contributed by atoms with Gasteiger partial charge in [-0.15, -0.1) is 0 Å². The van der Waals surface area contributed by atoms with Crippen molar-refractivity contribution in [2.75, 3.05) is 6.54 Å². The Labute approximate surface area is 134 Å². The summed E-state index contributed by atoms with van der Waals surface area (Å²) in [5, 5.41) is 2.47. The molecule has 21 heavy (non-hydrogen) atoms. The first-order chi connectivity index (χ1) is 9.71. The normalized spacial score (nSPS) is 11.2. The van der Waals surface area contributed by atoms with Gasteiger partial charge in [0.25, 0.3) is 5.91 Å². The number of benzene rings is 1. The van der Waals surface area contributed by atoms with Crippen LogP contribution in [0.3, 0.4) is 0 Å². The van der Waals surface area contributed by atoms with Crippen molar-refractivity contribution >= 4 is 39.0 Å². The number of carbonyl (C=O) groups is 1. The predicted molar refractivity (Wildman–Crippen MR) is 82.1 cm³/mol. The van der Waals surface area contributed by atoms with Crippen molar-refractivity contribution < 1.29 is 18.0 Å².